The Morgan fingerprint density at radius 2 is 2.14 bits per heavy atom. The Balaban J connectivity index is 1.24. The van der Waals surface area contributed by atoms with Gasteiger partial charge < -0.3 is 20.3 Å². The van der Waals surface area contributed by atoms with Crippen LogP contribution in [0.15, 0.2) is 18.6 Å². The summed E-state index contributed by atoms with van der Waals surface area (Å²) in [5.74, 6) is 1.50. The topological polar surface area (TPSA) is 94.1 Å². The molecule has 3 heterocycles. The molecule has 7 heteroatoms. The molecule has 7 nitrogen and oxygen atoms in total. The minimum atomic E-state index is -0.399. The van der Waals surface area contributed by atoms with Crippen LogP contribution in [0, 0.1) is 17.3 Å². The Bertz CT molecular complexity index is 855. The smallest absolute Gasteiger partial charge is 0.223 e. The standard InChI is InChI=1S/C21H29N5O2/c27-17(14-3-1-2-4-14)11-23-20(28)16-6-10-26(12-21(16)7-8-21)19-15-5-9-22-18(15)24-13-25-19/h5,9,13-14,16-17,27H,1-4,6-8,10-12H2,(H,23,28)(H,22,24,25)/t16-,17+/m1/s1. The highest BCUT2D eigenvalue weighted by Crippen LogP contribution is 2.56. The summed E-state index contributed by atoms with van der Waals surface area (Å²) in [4.78, 5) is 27.2. The molecule has 2 aliphatic carbocycles. The molecule has 1 spiro atoms. The fourth-order valence-corrected chi connectivity index (χ4v) is 5.37. The Hall–Kier alpha value is -2.15. The van der Waals surface area contributed by atoms with Crippen molar-refractivity contribution < 1.29 is 9.90 Å². The van der Waals surface area contributed by atoms with Crippen molar-refractivity contribution in [2.45, 2.75) is 51.0 Å². The fourth-order valence-electron chi connectivity index (χ4n) is 5.37. The van der Waals surface area contributed by atoms with Gasteiger partial charge in [0.1, 0.15) is 17.8 Å². The summed E-state index contributed by atoms with van der Waals surface area (Å²) < 4.78 is 0. The second-order valence-corrected chi connectivity index (χ2v) is 8.92. The van der Waals surface area contributed by atoms with Crippen molar-refractivity contribution in [2.24, 2.45) is 17.3 Å². The monoisotopic (exact) mass is 383 g/mol. The molecule has 0 aromatic carbocycles. The maximum Gasteiger partial charge on any atom is 0.223 e. The zero-order chi connectivity index (χ0) is 19.1. The number of H-pyrrole nitrogens is 1. The number of nitrogens with zero attached hydrogens (tertiary/aromatic N) is 3. The number of hydrogen-bond donors (Lipinski definition) is 3. The van der Waals surface area contributed by atoms with E-state index in [0.717, 1.165) is 62.0 Å². The number of aliphatic hydroxyl groups excluding tert-OH is 1. The molecule has 3 aliphatic rings. The van der Waals surface area contributed by atoms with Gasteiger partial charge in [0.2, 0.25) is 5.91 Å². The van der Waals surface area contributed by atoms with Crippen LogP contribution >= 0.6 is 0 Å². The van der Waals surface area contributed by atoms with Crippen LogP contribution in [0.3, 0.4) is 0 Å². The quantitative estimate of drug-likeness (QED) is 0.736. The van der Waals surface area contributed by atoms with Crippen LogP contribution in [0.4, 0.5) is 5.82 Å². The third-order valence-corrected chi connectivity index (χ3v) is 7.20. The second-order valence-electron chi connectivity index (χ2n) is 8.92. The van der Waals surface area contributed by atoms with Crippen LogP contribution in [0.25, 0.3) is 11.0 Å². The van der Waals surface area contributed by atoms with Crippen molar-refractivity contribution in [3.8, 4) is 0 Å². The maximum absolute atomic E-state index is 12.9. The van der Waals surface area contributed by atoms with Gasteiger partial charge in [-0.1, -0.05) is 12.8 Å². The Kier molecular flexibility index (Phi) is 4.50. The molecule has 0 bridgehead atoms. The van der Waals surface area contributed by atoms with Crippen molar-refractivity contribution in [3.05, 3.63) is 18.6 Å². The van der Waals surface area contributed by atoms with E-state index < -0.39 is 6.10 Å². The van der Waals surface area contributed by atoms with Crippen LogP contribution in [0.5, 0.6) is 0 Å². The van der Waals surface area contributed by atoms with Gasteiger partial charge in [-0.3, -0.25) is 4.79 Å². The van der Waals surface area contributed by atoms with E-state index in [4.69, 9.17) is 0 Å². The molecule has 28 heavy (non-hydrogen) atoms. The summed E-state index contributed by atoms with van der Waals surface area (Å²) in [5, 5.41) is 14.5. The van der Waals surface area contributed by atoms with Gasteiger partial charge >= 0.3 is 0 Å². The lowest BCUT2D eigenvalue weighted by atomic mass is 9.81. The van der Waals surface area contributed by atoms with E-state index in [2.05, 4.69) is 25.2 Å². The number of aliphatic hydroxyl groups is 1. The summed E-state index contributed by atoms with van der Waals surface area (Å²) in [6, 6.07) is 2.02. The Morgan fingerprint density at radius 1 is 1.32 bits per heavy atom. The van der Waals surface area contributed by atoms with Crippen molar-refractivity contribution in [2.75, 3.05) is 24.5 Å². The Labute approximate surface area is 164 Å². The molecule has 2 atom stereocenters. The van der Waals surface area contributed by atoms with Crippen LogP contribution in [-0.2, 0) is 4.79 Å². The number of carbonyl (C=O) groups is 1. The van der Waals surface area contributed by atoms with Crippen LogP contribution in [0.1, 0.15) is 44.9 Å². The number of rotatable bonds is 5. The van der Waals surface area contributed by atoms with Crippen molar-refractivity contribution in [1.82, 2.24) is 20.3 Å². The third-order valence-electron chi connectivity index (χ3n) is 7.20. The van der Waals surface area contributed by atoms with Crippen LogP contribution in [-0.4, -0.2) is 51.7 Å². The van der Waals surface area contributed by atoms with Gasteiger partial charge in [0.25, 0.3) is 0 Å². The van der Waals surface area contributed by atoms with Crippen molar-refractivity contribution >= 4 is 22.8 Å². The predicted molar refractivity (Wildman–Crippen MR) is 107 cm³/mol. The number of piperidine rings is 1. The molecule has 3 fully saturated rings. The molecule has 0 radical (unpaired) electrons. The van der Waals surface area contributed by atoms with E-state index >= 15 is 0 Å². The summed E-state index contributed by atoms with van der Waals surface area (Å²) in [7, 11) is 0. The first-order valence-corrected chi connectivity index (χ1v) is 10.7. The lowest BCUT2D eigenvalue weighted by molar-refractivity contribution is -0.128. The average Bonchev–Trinajstić information content (AvgIpc) is 3.15. The molecule has 3 N–H and O–H groups in total. The number of fused-ring (bicyclic) bond motifs is 1. The summed E-state index contributed by atoms with van der Waals surface area (Å²) >= 11 is 0. The van der Waals surface area contributed by atoms with Gasteiger partial charge in [-0.15, -0.1) is 0 Å². The zero-order valence-corrected chi connectivity index (χ0v) is 16.2. The van der Waals surface area contributed by atoms with E-state index in [9.17, 15) is 9.90 Å². The molecule has 150 valence electrons. The first-order chi connectivity index (χ1) is 13.7. The van der Waals surface area contributed by atoms with Gasteiger partial charge in [0.15, 0.2) is 0 Å². The molecule has 5 rings (SSSR count). The van der Waals surface area contributed by atoms with E-state index in [1.54, 1.807) is 6.33 Å². The molecular weight excluding hydrogens is 354 g/mol. The molecule has 2 aromatic rings. The average molecular weight is 383 g/mol. The molecule has 0 unspecified atom stereocenters. The largest absolute Gasteiger partial charge is 0.391 e. The number of aromatic amines is 1. The van der Waals surface area contributed by atoms with Gasteiger partial charge in [-0.05, 0) is 49.5 Å². The molecule has 2 aromatic heterocycles. The summed E-state index contributed by atoms with van der Waals surface area (Å²) in [6.07, 6.45) is 10.7. The fraction of sp³-hybridized carbons (Fsp3) is 0.667. The number of nitrogens with one attached hydrogen (secondary N) is 2. The summed E-state index contributed by atoms with van der Waals surface area (Å²) in [6.45, 7) is 2.09. The normalized spacial score (nSPS) is 25.3. The second kappa shape index (κ2) is 7.03. The third kappa shape index (κ3) is 3.15. The molecule has 1 saturated heterocycles. The highest BCUT2D eigenvalue weighted by atomic mass is 16.3. The lowest BCUT2D eigenvalue weighted by Gasteiger charge is -2.39. The highest BCUT2D eigenvalue weighted by molar-refractivity contribution is 5.87. The minimum absolute atomic E-state index is 0.0445. The predicted octanol–water partition coefficient (Wildman–Crippen LogP) is 2.23. The van der Waals surface area contributed by atoms with E-state index in [1.165, 1.54) is 12.8 Å². The van der Waals surface area contributed by atoms with E-state index in [1.807, 2.05) is 12.3 Å². The van der Waals surface area contributed by atoms with Crippen molar-refractivity contribution in [3.63, 3.8) is 0 Å². The first-order valence-electron chi connectivity index (χ1n) is 10.7. The maximum atomic E-state index is 12.9. The number of hydrogen-bond acceptors (Lipinski definition) is 5. The molecule has 1 aliphatic heterocycles. The first kappa shape index (κ1) is 17.9. The minimum Gasteiger partial charge on any atom is -0.391 e. The van der Waals surface area contributed by atoms with Gasteiger partial charge in [-0.2, -0.15) is 0 Å². The number of anilines is 1. The summed E-state index contributed by atoms with van der Waals surface area (Å²) in [5.41, 5.74) is 0.921. The van der Waals surface area contributed by atoms with E-state index in [-0.39, 0.29) is 17.2 Å². The molecule has 1 amide bonds. The van der Waals surface area contributed by atoms with Crippen molar-refractivity contribution in [1.29, 1.82) is 0 Å². The SMILES string of the molecule is O=C(NC[C@H](O)C1CCCC1)[C@H]1CCN(c2ncnc3[nH]ccc23)CC12CC2. The highest BCUT2D eigenvalue weighted by Gasteiger charge is 2.55. The van der Waals surface area contributed by atoms with Gasteiger partial charge in [0.05, 0.1) is 11.5 Å². The zero-order valence-electron chi connectivity index (χ0n) is 16.2. The Morgan fingerprint density at radius 3 is 2.93 bits per heavy atom. The number of carbonyl (C=O) groups excluding carboxylic acids is 1. The van der Waals surface area contributed by atoms with Crippen LogP contribution in [0.2, 0.25) is 0 Å². The molecular formula is C21H29N5O2. The van der Waals surface area contributed by atoms with Crippen LogP contribution < -0.4 is 10.2 Å². The van der Waals surface area contributed by atoms with Gasteiger partial charge in [0, 0.05) is 31.7 Å². The lowest BCUT2D eigenvalue weighted by Crippen LogP contribution is -2.49. The number of amides is 1. The van der Waals surface area contributed by atoms with Gasteiger partial charge in [-0.25, -0.2) is 9.97 Å². The number of aromatic nitrogens is 3. The van der Waals surface area contributed by atoms with E-state index in [0.29, 0.717) is 12.5 Å². The molecule has 2 saturated carbocycles.